The van der Waals surface area contributed by atoms with E-state index in [-0.39, 0.29) is 0 Å². The van der Waals surface area contributed by atoms with Crippen LogP contribution in [0, 0.1) is 13.8 Å². The van der Waals surface area contributed by atoms with Crippen molar-refractivity contribution < 1.29 is 4.74 Å². The molecular formula is C14H18BrN3O. The molecule has 2 aromatic rings. The smallest absolute Gasteiger partial charge is 0.131 e. The van der Waals surface area contributed by atoms with Gasteiger partial charge >= 0.3 is 0 Å². The summed E-state index contributed by atoms with van der Waals surface area (Å²) in [6.45, 7) is 7.33. The minimum absolute atomic E-state index is 0.485. The molecule has 0 aliphatic rings. The number of anilines is 1. The number of aryl methyl sites for hydroxylation is 3. The van der Waals surface area contributed by atoms with Crippen molar-refractivity contribution in [1.82, 2.24) is 9.78 Å². The van der Waals surface area contributed by atoms with Crippen molar-refractivity contribution in [2.24, 2.45) is 0 Å². The number of halogens is 1. The monoisotopic (exact) mass is 323 g/mol. The molecule has 2 N–H and O–H groups in total. The normalized spacial score (nSPS) is 10.7. The van der Waals surface area contributed by atoms with Crippen LogP contribution in [0.1, 0.15) is 23.9 Å². The number of rotatable bonds is 4. The van der Waals surface area contributed by atoms with Crippen molar-refractivity contribution in [3.05, 3.63) is 39.6 Å². The molecule has 0 atom stereocenters. The first-order valence-corrected chi connectivity index (χ1v) is 7.03. The SMILES string of the molecule is CCn1nc(C)c(Br)c1COc1ccc(N)c(C)c1. The van der Waals surface area contributed by atoms with Crippen LogP contribution < -0.4 is 10.5 Å². The molecule has 4 nitrogen and oxygen atoms in total. The lowest BCUT2D eigenvalue weighted by molar-refractivity contribution is 0.291. The molecule has 0 amide bonds. The van der Waals surface area contributed by atoms with E-state index in [1.54, 1.807) is 0 Å². The van der Waals surface area contributed by atoms with Crippen LogP contribution in [0.2, 0.25) is 0 Å². The van der Waals surface area contributed by atoms with Crippen molar-refractivity contribution in [1.29, 1.82) is 0 Å². The van der Waals surface area contributed by atoms with E-state index in [1.807, 2.05) is 36.7 Å². The van der Waals surface area contributed by atoms with E-state index in [9.17, 15) is 0 Å². The molecule has 0 aliphatic heterocycles. The molecule has 0 spiro atoms. The predicted molar refractivity (Wildman–Crippen MR) is 80.3 cm³/mol. The van der Waals surface area contributed by atoms with Crippen LogP contribution in [0.3, 0.4) is 0 Å². The van der Waals surface area contributed by atoms with Crippen LogP contribution in [0.5, 0.6) is 5.75 Å². The molecule has 5 heteroatoms. The van der Waals surface area contributed by atoms with Gasteiger partial charge in [-0.2, -0.15) is 5.10 Å². The zero-order valence-electron chi connectivity index (χ0n) is 11.4. The minimum atomic E-state index is 0.485. The average molecular weight is 324 g/mol. The highest BCUT2D eigenvalue weighted by atomic mass is 79.9. The number of hydrogen-bond donors (Lipinski definition) is 1. The van der Waals surface area contributed by atoms with Crippen molar-refractivity contribution in [2.75, 3.05) is 5.73 Å². The fraction of sp³-hybridized carbons (Fsp3) is 0.357. The van der Waals surface area contributed by atoms with Gasteiger partial charge in [-0.1, -0.05) is 0 Å². The van der Waals surface area contributed by atoms with Gasteiger partial charge in [-0.3, -0.25) is 4.68 Å². The van der Waals surface area contributed by atoms with E-state index in [0.717, 1.165) is 39.4 Å². The van der Waals surface area contributed by atoms with E-state index in [0.29, 0.717) is 6.61 Å². The summed E-state index contributed by atoms with van der Waals surface area (Å²) in [5.74, 6) is 0.820. The van der Waals surface area contributed by atoms with E-state index in [4.69, 9.17) is 10.5 Å². The molecule has 102 valence electrons. The molecule has 0 saturated carbocycles. The first-order chi connectivity index (χ1) is 9.02. The maximum absolute atomic E-state index is 5.82. The Morgan fingerprint density at radius 3 is 2.74 bits per heavy atom. The number of ether oxygens (including phenoxy) is 1. The van der Waals surface area contributed by atoms with Gasteiger partial charge in [-0.05, 0) is 60.5 Å². The first-order valence-electron chi connectivity index (χ1n) is 6.23. The minimum Gasteiger partial charge on any atom is -0.487 e. The van der Waals surface area contributed by atoms with Crippen LogP contribution in [-0.4, -0.2) is 9.78 Å². The summed E-state index contributed by atoms with van der Waals surface area (Å²) in [5, 5.41) is 4.44. The van der Waals surface area contributed by atoms with Crippen molar-refractivity contribution in [2.45, 2.75) is 33.9 Å². The van der Waals surface area contributed by atoms with E-state index in [2.05, 4.69) is 28.0 Å². The second-order valence-corrected chi connectivity index (χ2v) is 5.26. The second kappa shape index (κ2) is 5.65. The Labute approximate surface area is 121 Å². The Balaban J connectivity index is 2.16. The largest absolute Gasteiger partial charge is 0.487 e. The van der Waals surface area contributed by atoms with Crippen LogP contribution in [0.25, 0.3) is 0 Å². The van der Waals surface area contributed by atoms with Crippen LogP contribution >= 0.6 is 15.9 Å². The average Bonchev–Trinajstić information content (AvgIpc) is 2.67. The molecule has 1 heterocycles. The van der Waals surface area contributed by atoms with Gasteiger partial charge in [0.2, 0.25) is 0 Å². The first kappa shape index (κ1) is 13.9. The summed E-state index contributed by atoms with van der Waals surface area (Å²) in [7, 11) is 0. The zero-order valence-corrected chi connectivity index (χ0v) is 13.0. The van der Waals surface area contributed by atoms with Crippen LogP contribution in [0.15, 0.2) is 22.7 Å². The lowest BCUT2D eigenvalue weighted by Gasteiger charge is -2.10. The molecule has 0 aliphatic carbocycles. The fourth-order valence-electron chi connectivity index (χ4n) is 1.90. The standard InChI is InChI=1S/C14H18BrN3O/c1-4-18-13(14(15)10(3)17-18)8-19-11-5-6-12(16)9(2)7-11/h5-7H,4,8,16H2,1-3H3. The fourth-order valence-corrected chi connectivity index (χ4v) is 2.29. The molecule has 19 heavy (non-hydrogen) atoms. The summed E-state index contributed by atoms with van der Waals surface area (Å²) >= 11 is 3.56. The lowest BCUT2D eigenvalue weighted by atomic mass is 10.2. The summed E-state index contributed by atoms with van der Waals surface area (Å²) in [4.78, 5) is 0. The highest BCUT2D eigenvalue weighted by Gasteiger charge is 2.12. The Hall–Kier alpha value is -1.49. The molecule has 0 radical (unpaired) electrons. The Morgan fingerprint density at radius 2 is 2.11 bits per heavy atom. The van der Waals surface area contributed by atoms with Gasteiger partial charge in [-0.15, -0.1) is 0 Å². The zero-order chi connectivity index (χ0) is 14.0. The molecule has 1 aromatic heterocycles. The van der Waals surface area contributed by atoms with Crippen LogP contribution in [0.4, 0.5) is 5.69 Å². The molecule has 0 unspecified atom stereocenters. The van der Waals surface area contributed by atoms with Gasteiger partial charge in [0.25, 0.3) is 0 Å². The maximum atomic E-state index is 5.82. The predicted octanol–water partition coefficient (Wildman–Crippen LogP) is 3.44. The summed E-state index contributed by atoms with van der Waals surface area (Å²) in [5.41, 5.74) is 9.63. The van der Waals surface area contributed by atoms with Gasteiger partial charge in [0.05, 0.1) is 15.9 Å². The van der Waals surface area contributed by atoms with Crippen LogP contribution in [-0.2, 0) is 13.2 Å². The topological polar surface area (TPSA) is 53.1 Å². The highest BCUT2D eigenvalue weighted by molar-refractivity contribution is 9.10. The quantitative estimate of drug-likeness (QED) is 0.877. The van der Waals surface area contributed by atoms with Gasteiger partial charge < -0.3 is 10.5 Å². The third kappa shape index (κ3) is 2.92. The highest BCUT2D eigenvalue weighted by Crippen LogP contribution is 2.24. The van der Waals surface area contributed by atoms with Gasteiger partial charge in [0.1, 0.15) is 12.4 Å². The summed E-state index contributed by atoms with van der Waals surface area (Å²) < 4.78 is 8.78. The molecule has 0 bridgehead atoms. The van der Waals surface area contributed by atoms with Crippen molar-refractivity contribution in [3.63, 3.8) is 0 Å². The molecule has 1 aromatic carbocycles. The Bertz CT molecular complexity index is 593. The summed E-state index contributed by atoms with van der Waals surface area (Å²) in [6, 6.07) is 5.70. The lowest BCUT2D eigenvalue weighted by Crippen LogP contribution is -2.06. The summed E-state index contributed by atoms with van der Waals surface area (Å²) in [6.07, 6.45) is 0. The third-order valence-corrected chi connectivity index (χ3v) is 4.10. The molecule has 2 rings (SSSR count). The van der Waals surface area contributed by atoms with E-state index in [1.165, 1.54) is 0 Å². The number of benzene rings is 1. The van der Waals surface area contributed by atoms with Gasteiger partial charge in [0, 0.05) is 12.2 Å². The van der Waals surface area contributed by atoms with Gasteiger partial charge in [0.15, 0.2) is 0 Å². The van der Waals surface area contributed by atoms with Gasteiger partial charge in [-0.25, -0.2) is 0 Å². The number of hydrogen-bond acceptors (Lipinski definition) is 3. The third-order valence-electron chi connectivity index (χ3n) is 3.07. The molecular weight excluding hydrogens is 306 g/mol. The Morgan fingerprint density at radius 1 is 1.37 bits per heavy atom. The number of nitrogens with zero attached hydrogens (tertiary/aromatic N) is 2. The molecule has 0 fully saturated rings. The number of nitrogens with two attached hydrogens (primary N) is 1. The van der Waals surface area contributed by atoms with E-state index < -0.39 is 0 Å². The maximum Gasteiger partial charge on any atom is 0.131 e. The second-order valence-electron chi connectivity index (χ2n) is 4.47. The number of aromatic nitrogens is 2. The Kier molecular flexibility index (Phi) is 4.14. The van der Waals surface area contributed by atoms with Crippen molar-refractivity contribution >= 4 is 21.6 Å². The van der Waals surface area contributed by atoms with Crippen molar-refractivity contribution in [3.8, 4) is 5.75 Å². The van der Waals surface area contributed by atoms with E-state index >= 15 is 0 Å². The molecule has 0 saturated heterocycles. The number of nitrogen functional groups attached to an aromatic ring is 1.